The number of anilines is 1. The van der Waals surface area contributed by atoms with Crippen LogP contribution in [0.5, 0.6) is 0 Å². The fourth-order valence-electron chi connectivity index (χ4n) is 3.09. The van der Waals surface area contributed by atoms with Crippen LogP contribution in [0.3, 0.4) is 0 Å². The summed E-state index contributed by atoms with van der Waals surface area (Å²) >= 11 is 1.81. The molecule has 0 aliphatic carbocycles. The van der Waals surface area contributed by atoms with Crippen molar-refractivity contribution in [1.82, 2.24) is 15.2 Å². The molecule has 1 aliphatic rings. The smallest absolute Gasteiger partial charge is 0.193 e. The van der Waals surface area contributed by atoms with E-state index in [1.54, 1.807) is 0 Å². The average Bonchev–Trinajstić information content (AvgIpc) is 3.34. The number of thiophene rings is 1. The molecule has 0 atom stereocenters. The van der Waals surface area contributed by atoms with E-state index in [0.717, 1.165) is 44.4 Å². The Kier molecular flexibility index (Phi) is 6.28. The van der Waals surface area contributed by atoms with Crippen molar-refractivity contribution in [3.63, 3.8) is 0 Å². The van der Waals surface area contributed by atoms with Crippen molar-refractivity contribution < 1.29 is 0 Å². The van der Waals surface area contributed by atoms with E-state index in [-0.39, 0.29) is 0 Å². The van der Waals surface area contributed by atoms with E-state index < -0.39 is 0 Å². The van der Waals surface area contributed by atoms with Gasteiger partial charge in [0.15, 0.2) is 5.96 Å². The number of aromatic nitrogens is 1. The van der Waals surface area contributed by atoms with Gasteiger partial charge in [0, 0.05) is 51.3 Å². The minimum absolute atomic E-state index is 0.763. The second-order valence-electron chi connectivity index (χ2n) is 6.37. The van der Waals surface area contributed by atoms with Gasteiger partial charge in [-0.25, -0.2) is 4.98 Å². The molecule has 2 aromatic rings. The van der Waals surface area contributed by atoms with Gasteiger partial charge in [0.25, 0.3) is 0 Å². The third kappa shape index (κ3) is 4.95. The van der Waals surface area contributed by atoms with Crippen LogP contribution in [-0.4, -0.2) is 49.6 Å². The number of nitrogens with one attached hydrogen (secondary N) is 1. The molecule has 1 N–H and O–H groups in total. The highest BCUT2D eigenvalue weighted by Crippen LogP contribution is 2.18. The average molecular weight is 358 g/mol. The van der Waals surface area contributed by atoms with Crippen molar-refractivity contribution in [1.29, 1.82) is 0 Å². The van der Waals surface area contributed by atoms with Crippen molar-refractivity contribution in [3.05, 3.63) is 46.3 Å². The first-order valence-corrected chi connectivity index (χ1v) is 9.78. The first-order chi connectivity index (χ1) is 12.3. The van der Waals surface area contributed by atoms with Gasteiger partial charge >= 0.3 is 0 Å². The van der Waals surface area contributed by atoms with Crippen molar-refractivity contribution in [2.75, 3.05) is 38.6 Å². The summed E-state index contributed by atoms with van der Waals surface area (Å²) in [5.41, 5.74) is 1.24. The van der Waals surface area contributed by atoms with Crippen LogP contribution in [-0.2, 0) is 13.0 Å². The summed E-state index contributed by atoms with van der Waals surface area (Å²) in [6.07, 6.45) is 5.49. The Bertz CT molecular complexity index is 677. The van der Waals surface area contributed by atoms with Gasteiger partial charge in [-0.05, 0) is 48.4 Å². The quantitative estimate of drug-likeness (QED) is 0.638. The van der Waals surface area contributed by atoms with Crippen molar-refractivity contribution in [2.24, 2.45) is 4.99 Å². The fraction of sp³-hybridized carbons (Fsp3) is 0.474. The summed E-state index contributed by atoms with van der Waals surface area (Å²) in [6.45, 7) is 3.96. The third-order valence-electron chi connectivity index (χ3n) is 4.54. The molecular formula is C19H27N5S. The lowest BCUT2D eigenvalue weighted by Crippen LogP contribution is -2.39. The number of guanidine groups is 1. The molecule has 0 saturated carbocycles. The molecule has 0 spiro atoms. The lowest BCUT2D eigenvalue weighted by molar-refractivity contribution is 0.486. The van der Waals surface area contributed by atoms with Gasteiger partial charge in [-0.1, -0.05) is 6.07 Å². The van der Waals surface area contributed by atoms with Crippen LogP contribution in [0.25, 0.3) is 0 Å². The molecule has 0 aromatic carbocycles. The van der Waals surface area contributed by atoms with Gasteiger partial charge in [0.2, 0.25) is 0 Å². The Morgan fingerprint density at radius 1 is 1.36 bits per heavy atom. The first-order valence-electron chi connectivity index (χ1n) is 8.90. The van der Waals surface area contributed by atoms with Crippen molar-refractivity contribution in [3.8, 4) is 0 Å². The zero-order valence-electron chi connectivity index (χ0n) is 15.1. The second kappa shape index (κ2) is 8.85. The number of aliphatic imine (C=N–C) groups is 1. The molecule has 25 heavy (non-hydrogen) atoms. The Morgan fingerprint density at radius 2 is 2.20 bits per heavy atom. The Morgan fingerprint density at radius 3 is 2.92 bits per heavy atom. The van der Waals surface area contributed by atoms with Crippen molar-refractivity contribution >= 4 is 23.1 Å². The summed E-state index contributed by atoms with van der Waals surface area (Å²) in [5.74, 6) is 2.02. The van der Waals surface area contributed by atoms with Gasteiger partial charge in [0.1, 0.15) is 5.82 Å². The monoisotopic (exact) mass is 357 g/mol. The molecule has 1 saturated heterocycles. The highest BCUT2D eigenvalue weighted by atomic mass is 32.1. The zero-order chi connectivity index (χ0) is 17.5. The molecule has 0 unspecified atom stereocenters. The number of nitrogens with zero attached hydrogens (tertiary/aromatic N) is 4. The van der Waals surface area contributed by atoms with E-state index >= 15 is 0 Å². The van der Waals surface area contributed by atoms with E-state index in [1.807, 2.05) is 24.6 Å². The molecule has 0 amide bonds. The molecule has 3 rings (SSSR count). The second-order valence-corrected chi connectivity index (χ2v) is 7.40. The lowest BCUT2D eigenvalue weighted by Gasteiger charge is -2.22. The minimum atomic E-state index is 0.763. The first kappa shape index (κ1) is 17.7. The van der Waals surface area contributed by atoms with Crippen LogP contribution in [0, 0.1) is 0 Å². The number of hydrogen-bond donors (Lipinski definition) is 1. The molecule has 0 bridgehead atoms. The summed E-state index contributed by atoms with van der Waals surface area (Å²) < 4.78 is 0. The predicted molar refractivity (Wildman–Crippen MR) is 107 cm³/mol. The van der Waals surface area contributed by atoms with Crippen LogP contribution in [0.1, 0.15) is 23.3 Å². The third-order valence-corrected chi connectivity index (χ3v) is 5.47. The maximum Gasteiger partial charge on any atom is 0.193 e. The Hall–Kier alpha value is -2.08. The van der Waals surface area contributed by atoms with Crippen LogP contribution in [0.15, 0.2) is 40.8 Å². The summed E-state index contributed by atoms with van der Waals surface area (Å²) in [6, 6.07) is 8.56. The van der Waals surface area contributed by atoms with Crippen molar-refractivity contribution in [2.45, 2.75) is 25.8 Å². The molecular weight excluding hydrogens is 330 g/mol. The summed E-state index contributed by atoms with van der Waals surface area (Å²) in [4.78, 5) is 14.9. The summed E-state index contributed by atoms with van der Waals surface area (Å²) in [5, 5.41) is 5.60. The Labute approximate surface area is 154 Å². The molecule has 2 aromatic heterocycles. The molecule has 5 nitrogen and oxygen atoms in total. The predicted octanol–water partition coefficient (Wildman–Crippen LogP) is 2.99. The SMILES string of the molecule is CN=C(NCc1ccnc(N2CCCC2)c1)N(C)CCc1cccs1. The van der Waals surface area contributed by atoms with Gasteiger partial charge in [0.05, 0.1) is 0 Å². The highest BCUT2D eigenvalue weighted by Gasteiger charge is 2.14. The fourth-order valence-corrected chi connectivity index (χ4v) is 3.79. The molecule has 1 aliphatic heterocycles. The normalized spacial score (nSPS) is 14.8. The van der Waals surface area contributed by atoms with Gasteiger partial charge in [-0.15, -0.1) is 11.3 Å². The van der Waals surface area contributed by atoms with E-state index in [1.165, 1.54) is 23.3 Å². The maximum absolute atomic E-state index is 4.52. The van der Waals surface area contributed by atoms with Gasteiger partial charge in [-0.2, -0.15) is 0 Å². The summed E-state index contributed by atoms with van der Waals surface area (Å²) in [7, 11) is 3.93. The highest BCUT2D eigenvalue weighted by molar-refractivity contribution is 7.09. The van der Waals surface area contributed by atoms with E-state index in [4.69, 9.17) is 0 Å². The Balaban J connectivity index is 1.52. The topological polar surface area (TPSA) is 43.8 Å². The number of hydrogen-bond acceptors (Lipinski definition) is 4. The molecule has 1 fully saturated rings. The molecule has 6 heteroatoms. The van der Waals surface area contributed by atoms with Crippen LogP contribution in [0.2, 0.25) is 0 Å². The van der Waals surface area contributed by atoms with E-state index in [0.29, 0.717) is 0 Å². The number of rotatable bonds is 6. The van der Waals surface area contributed by atoms with Gasteiger partial charge < -0.3 is 15.1 Å². The largest absolute Gasteiger partial charge is 0.357 e. The zero-order valence-corrected chi connectivity index (χ0v) is 15.9. The maximum atomic E-state index is 4.52. The van der Waals surface area contributed by atoms with E-state index in [2.05, 4.69) is 61.8 Å². The molecule has 134 valence electrons. The molecule has 3 heterocycles. The standard InChI is InChI=1S/C19H27N5S/c1-20-19(23(2)12-8-17-6-5-13-25-17)22-15-16-7-9-21-18(14-16)24-10-3-4-11-24/h5-7,9,13-14H,3-4,8,10-12,15H2,1-2H3,(H,20,22). The van der Waals surface area contributed by atoms with Gasteiger partial charge in [-0.3, -0.25) is 4.99 Å². The van der Waals surface area contributed by atoms with E-state index in [9.17, 15) is 0 Å². The number of likely N-dealkylation sites (N-methyl/N-ethyl adjacent to an activating group) is 1. The molecule has 0 radical (unpaired) electrons. The lowest BCUT2D eigenvalue weighted by atomic mass is 10.2. The minimum Gasteiger partial charge on any atom is -0.357 e. The van der Waals surface area contributed by atoms with Crippen LogP contribution in [0.4, 0.5) is 5.82 Å². The van der Waals surface area contributed by atoms with Crippen LogP contribution < -0.4 is 10.2 Å². The van der Waals surface area contributed by atoms with Crippen LogP contribution >= 0.6 is 11.3 Å². The number of pyridine rings is 1.